The van der Waals surface area contributed by atoms with Gasteiger partial charge in [-0.15, -0.1) is 0 Å². The van der Waals surface area contributed by atoms with Crippen molar-refractivity contribution in [3.8, 4) is 5.75 Å². The Labute approximate surface area is 105 Å². The lowest BCUT2D eigenvalue weighted by atomic mass is 10.0. The number of aryl methyl sites for hydroxylation is 1. The van der Waals surface area contributed by atoms with Gasteiger partial charge in [0, 0.05) is 11.6 Å². The summed E-state index contributed by atoms with van der Waals surface area (Å²) in [6.45, 7) is 1.96. The third kappa shape index (κ3) is 2.91. The number of ether oxygens (including phenoxy) is 1. The highest BCUT2D eigenvalue weighted by Gasteiger charge is 2.19. The summed E-state index contributed by atoms with van der Waals surface area (Å²) in [4.78, 5) is 10.6. The Morgan fingerprint density at radius 1 is 1.59 bits per heavy atom. The monoisotopic (exact) mass is 254 g/mol. The lowest BCUT2D eigenvalue weighted by molar-refractivity contribution is -0.385. The first-order chi connectivity index (χ1) is 8.01. The average Bonchev–Trinajstić information content (AvgIpc) is 2.28. The smallest absolute Gasteiger partial charge is 0.273 e. The quantitative estimate of drug-likeness (QED) is 0.495. The highest BCUT2D eigenvalue weighted by atomic mass is 32.1. The zero-order valence-electron chi connectivity index (χ0n) is 9.73. The van der Waals surface area contributed by atoms with Crippen LogP contribution in [0.1, 0.15) is 24.5 Å². The normalized spacial score (nSPS) is 10.0. The summed E-state index contributed by atoms with van der Waals surface area (Å²) in [5.74, 6) is 0.478. The summed E-state index contributed by atoms with van der Waals surface area (Å²) >= 11 is 4.85. The number of methoxy groups -OCH3 is 1. The first-order valence-electron chi connectivity index (χ1n) is 5.16. The molecule has 17 heavy (non-hydrogen) atoms. The molecule has 0 heterocycles. The fourth-order valence-electron chi connectivity index (χ4n) is 1.61. The summed E-state index contributed by atoms with van der Waals surface area (Å²) in [5, 5.41) is 11.0. The van der Waals surface area contributed by atoms with Crippen LogP contribution in [-0.4, -0.2) is 17.0 Å². The van der Waals surface area contributed by atoms with Gasteiger partial charge in [-0.2, -0.15) is 0 Å². The molecule has 1 aromatic carbocycles. The maximum Gasteiger partial charge on any atom is 0.273 e. The van der Waals surface area contributed by atoms with Gasteiger partial charge < -0.3 is 10.5 Å². The van der Waals surface area contributed by atoms with Crippen LogP contribution in [-0.2, 0) is 6.42 Å². The van der Waals surface area contributed by atoms with E-state index in [2.05, 4.69) is 0 Å². The number of nitro groups is 1. The number of hydrogen-bond acceptors (Lipinski definition) is 4. The zero-order valence-corrected chi connectivity index (χ0v) is 10.5. The molecular weight excluding hydrogens is 240 g/mol. The van der Waals surface area contributed by atoms with Gasteiger partial charge in [-0.05, 0) is 12.5 Å². The van der Waals surface area contributed by atoms with Crippen LogP contribution in [0.25, 0.3) is 0 Å². The number of thiocarbonyl (C=S) groups is 1. The molecule has 0 saturated heterocycles. The van der Waals surface area contributed by atoms with Crippen LogP contribution >= 0.6 is 12.2 Å². The van der Waals surface area contributed by atoms with E-state index in [1.165, 1.54) is 13.2 Å². The topological polar surface area (TPSA) is 78.4 Å². The maximum atomic E-state index is 11.0. The number of rotatable bonds is 5. The van der Waals surface area contributed by atoms with E-state index in [0.29, 0.717) is 23.3 Å². The van der Waals surface area contributed by atoms with E-state index in [1.54, 1.807) is 6.07 Å². The molecule has 0 radical (unpaired) electrons. The fraction of sp³-hybridized carbons (Fsp3) is 0.364. The van der Waals surface area contributed by atoms with Crippen LogP contribution in [0.15, 0.2) is 12.1 Å². The van der Waals surface area contributed by atoms with E-state index in [9.17, 15) is 10.1 Å². The Kier molecular flexibility index (Phi) is 4.39. The van der Waals surface area contributed by atoms with Crippen molar-refractivity contribution in [2.75, 3.05) is 7.11 Å². The Morgan fingerprint density at radius 3 is 2.65 bits per heavy atom. The van der Waals surface area contributed by atoms with Crippen molar-refractivity contribution in [1.29, 1.82) is 0 Å². The minimum absolute atomic E-state index is 0.0375. The van der Waals surface area contributed by atoms with Crippen molar-refractivity contribution in [3.63, 3.8) is 0 Å². The number of nitro benzene ring substituents is 1. The van der Waals surface area contributed by atoms with Gasteiger partial charge in [-0.1, -0.05) is 25.6 Å². The summed E-state index contributed by atoms with van der Waals surface area (Å²) in [5.41, 5.74) is 6.58. The Morgan fingerprint density at radius 2 is 2.24 bits per heavy atom. The fourth-order valence-corrected chi connectivity index (χ4v) is 1.77. The number of nitrogens with two attached hydrogens (primary N) is 1. The minimum Gasteiger partial charge on any atom is -0.496 e. The number of hydrogen-bond donors (Lipinski definition) is 1. The van der Waals surface area contributed by atoms with Crippen molar-refractivity contribution < 1.29 is 9.66 Å². The van der Waals surface area contributed by atoms with Gasteiger partial charge in [-0.3, -0.25) is 10.1 Å². The van der Waals surface area contributed by atoms with Crippen LogP contribution in [0, 0.1) is 10.1 Å². The standard InChI is InChI=1S/C11H14N2O3S/c1-3-4-7-5-10(16-2)8(11(12)17)6-9(7)13(14)15/h5-6H,3-4H2,1-2H3,(H2,12,17). The predicted octanol–water partition coefficient (Wildman–Crippen LogP) is 2.19. The van der Waals surface area contributed by atoms with Gasteiger partial charge in [0.2, 0.25) is 0 Å². The molecule has 1 aromatic rings. The third-order valence-corrected chi connectivity index (χ3v) is 2.60. The summed E-state index contributed by atoms with van der Waals surface area (Å²) in [6, 6.07) is 3.02. The lowest BCUT2D eigenvalue weighted by Crippen LogP contribution is -2.12. The van der Waals surface area contributed by atoms with Crippen LogP contribution < -0.4 is 10.5 Å². The molecule has 92 valence electrons. The minimum atomic E-state index is -0.424. The zero-order chi connectivity index (χ0) is 13.0. The van der Waals surface area contributed by atoms with E-state index in [1.807, 2.05) is 6.92 Å². The number of benzene rings is 1. The van der Waals surface area contributed by atoms with E-state index < -0.39 is 4.92 Å². The molecule has 1 rings (SSSR count). The van der Waals surface area contributed by atoms with Gasteiger partial charge in [-0.25, -0.2) is 0 Å². The molecule has 0 aliphatic heterocycles. The first kappa shape index (κ1) is 13.4. The van der Waals surface area contributed by atoms with Gasteiger partial charge >= 0.3 is 0 Å². The van der Waals surface area contributed by atoms with Gasteiger partial charge in [0.1, 0.15) is 10.7 Å². The van der Waals surface area contributed by atoms with Gasteiger partial charge in [0.25, 0.3) is 5.69 Å². The molecule has 0 spiro atoms. The SMILES string of the molecule is CCCc1cc(OC)c(C(N)=S)cc1[N+](=O)[O-]. The van der Waals surface area contributed by atoms with Crippen LogP contribution in [0.2, 0.25) is 0 Å². The summed E-state index contributed by atoms with van der Waals surface area (Å²) in [6.07, 6.45) is 1.43. The van der Waals surface area contributed by atoms with E-state index in [0.717, 1.165) is 6.42 Å². The van der Waals surface area contributed by atoms with E-state index in [4.69, 9.17) is 22.7 Å². The van der Waals surface area contributed by atoms with Crippen molar-refractivity contribution >= 4 is 22.9 Å². The Hall–Kier alpha value is -1.69. The van der Waals surface area contributed by atoms with Crippen molar-refractivity contribution in [3.05, 3.63) is 33.4 Å². The molecule has 0 aliphatic carbocycles. The van der Waals surface area contributed by atoms with Crippen molar-refractivity contribution in [1.82, 2.24) is 0 Å². The Bertz CT molecular complexity index is 460. The molecule has 0 fully saturated rings. The average molecular weight is 254 g/mol. The molecule has 0 amide bonds. The molecule has 0 atom stereocenters. The third-order valence-electron chi connectivity index (χ3n) is 2.38. The predicted molar refractivity (Wildman–Crippen MR) is 69.5 cm³/mol. The lowest BCUT2D eigenvalue weighted by Gasteiger charge is -2.10. The molecule has 5 nitrogen and oxygen atoms in total. The molecule has 2 N–H and O–H groups in total. The molecule has 0 unspecified atom stereocenters. The highest BCUT2D eigenvalue weighted by molar-refractivity contribution is 7.80. The van der Waals surface area contributed by atoms with Crippen molar-refractivity contribution in [2.45, 2.75) is 19.8 Å². The number of nitrogens with zero attached hydrogens (tertiary/aromatic N) is 1. The maximum absolute atomic E-state index is 11.0. The van der Waals surface area contributed by atoms with Gasteiger partial charge in [0.15, 0.2) is 0 Å². The second kappa shape index (κ2) is 5.58. The van der Waals surface area contributed by atoms with Crippen LogP contribution in [0.4, 0.5) is 5.69 Å². The molecule has 0 saturated carbocycles. The van der Waals surface area contributed by atoms with Gasteiger partial charge in [0.05, 0.1) is 17.6 Å². The molecule has 0 aromatic heterocycles. The second-order valence-corrected chi connectivity index (χ2v) is 3.99. The van der Waals surface area contributed by atoms with Crippen LogP contribution in [0.5, 0.6) is 5.75 Å². The second-order valence-electron chi connectivity index (χ2n) is 3.55. The summed E-state index contributed by atoms with van der Waals surface area (Å²) < 4.78 is 5.14. The van der Waals surface area contributed by atoms with Crippen molar-refractivity contribution in [2.24, 2.45) is 5.73 Å². The van der Waals surface area contributed by atoms with Crippen LogP contribution in [0.3, 0.4) is 0 Å². The molecular formula is C11H14N2O3S. The van der Waals surface area contributed by atoms with E-state index in [-0.39, 0.29) is 10.7 Å². The summed E-state index contributed by atoms with van der Waals surface area (Å²) in [7, 11) is 1.48. The molecule has 0 aliphatic rings. The Balaban J connectivity index is 3.41. The molecule has 6 heteroatoms. The molecule has 0 bridgehead atoms. The first-order valence-corrected chi connectivity index (χ1v) is 5.57. The largest absolute Gasteiger partial charge is 0.496 e. The van der Waals surface area contributed by atoms with E-state index >= 15 is 0 Å². The highest BCUT2D eigenvalue weighted by Crippen LogP contribution is 2.29.